The number of carbonyl (C=O) groups is 1. The van der Waals surface area contributed by atoms with Gasteiger partial charge in [-0.2, -0.15) is 0 Å². The van der Waals surface area contributed by atoms with E-state index in [1.54, 1.807) is 4.90 Å². The van der Waals surface area contributed by atoms with Crippen molar-refractivity contribution in [1.29, 1.82) is 0 Å². The molecule has 23 heavy (non-hydrogen) atoms. The SMILES string of the molecule is CCNC(=NCC1CCCO1)NC1CN(C(=O)OC(C)(C)C)C1. The maximum absolute atomic E-state index is 11.9. The molecule has 2 heterocycles. The lowest BCUT2D eigenvalue weighted by Gasteiger charge is -2.40. The molecule has 2 aliphatic heterocycles. The van der Waals surface area contributed by atoms with E-state index in [0.717, 1.165) is 32.0 Å². The molecule has 1 amide bonds. The highest BCUT2D eigenvalue weighted by molar-refractivity contribution is 5.80. The number of nitrogens with zero attached hydrogens (tertiary/aromatic N) is 2. The normalized spacial score (nSPS) is 22.7. The number of ether oxygens (including phenoxy) is 2. The zero-order valence-electron chi connectivity index (χ0n) is 14.7. The zero-order chi connectivity index (χ0) is 16.9. The van der Waals surface area contributed by atoms with Crippen molar-refractivity contribution in [1.82, 2.24) is 15.5 Å². The summed E-state index contributed by atoms with van der Waals surface area (Å²) in [5.74, 6) is 0.789. The number of rotatable bonds is 4. The Balaban J connectivity index is 1.74. The molecule has 0 aliphatic carbocycles. The van der Waals surface area contributed by atoms with E-state index in [0.29, 0.717) is 19.6 Å². The van der Waals surface area contributed by atoms with Gasteiger partial charge in [0, 0.05) is 26.2 Å². The summed E-state index contributed by atoms with van der Waals surface area (Å²) in [6, 6.07) is 0.213. The number of likely N-dealkylation sites (tertiary alicyclic amines) is 1. The van der Waals surface area contributed by atoms with Gasteiger partial charge in [-0.25, -0.2) is 4.79 Å². The maximum atomic E-state index is 11.9. The number of nitrogens with one attached hydrogen (secondary N) is 2. The lowest BCUT2D eigenvalue weighted by molar-refractivity contribution is 0.00700. The van der Waals surface area contributed by atoms with Crippen LogP contribution in [-0.2, 0) is 9.47 Å². The van der Waals surface area contributed by atoms with Gasteiger partial charge in [0.2, 0.25) is 0 Å². The van der Waals surface area contributed by atoms with Crippen LogP contribution in [0.1, 0.15) is 40.5 Å². The predicted octanol–water partition coefficient (Wildman–Crippen LogP) is 1.34. The van der Waals surface area contributed by atoms with Crippen LogP contribution >= 0.6 is 0 Å². The fraction of sp³-hybridized carbons (Fsp3) is 0.875. The molecule has 0 aromatic carbocycles. The molecule has 132 valence electrons. The molecule has 0 saturated carbocycles. The smallest absolute Gasteiger partial charge is 0.410 e. The van der Waals surface area contributed by atoms with Crippen LogP contribution in [0.2, 0.25) is 0 Å². The number of guanidine groups is 1. The van der Waals surface area contributed by atoms with Crippen LogP contribution in [0.5, 0.6) is 0 Å². The first-order chi connectivity index (χ1) is 10.9. The van der Waals surface area contributed by atoms with E-state index < -0.39 is 5.60 Å². The highest BCUT2D eigenvalue weighted by Gasteiger charge is 2.34. The lowest BCUT2D eigenvalue weighted by Crippen LogP contribution is -2.63. The highest BCUT2D eigenvalue weighted by atomic mass is 16.6. The predicted molar refractivity (Wildman–Crippen MR) is 89.7 cm³/mol. The Morgan fingerprint density at radius 2 is 2.13 bits per heavy atom. The van der Waals surface area contributed by atoms with Crippen molar-refractivity contribution in [2.45, 2.75) is 58.3 Å². The minimum absolute atomic E-state index is 0.213. The molecule has 0 aromatic rings. The molecule has 2 rings (SSSR count). The van der Waals surface area contributed by atoms with E-state index in [9.17, 15) is 4.79 Å². The van der Waals surface area contributed by atoms with Gasteiger partial charge >= 0.3 is 6.09 Å². The fourth-order valence-electron chi connectivity index (χ4n) is 2.54. The second kappa shape index (κ2) is 7.86. The zero-order valence-corrected chi connectivity index (χ0v) is 14.7. The average Bonchev–Trinajstić information content (AvgIpc) is 2.90. The summed E-state index contributed by atoms with van der Waals surface area (Å²) in [7, 11) is 0. The molecular weight excluding hydrogens is 296 g/mol. The molecular formula is C16H30N4O3. The van der Waals surface area contributed by atoms with Crippen molar-refractivity contribution >= 4 is 12.1 Å². The van der Waals surface area contributed by atoms with E-state index in [2.05, 4.69) is 15.6 Å². The van der Waals surface area contributed by atoms with Crippen LogP contribution in [0.25, 0.3) is 0 Å². The topological polar surface area (TPSA) is 75.2 Å². The number of hydrogen-bond donors (Lipinski definition) is 2. The van der Waals surface area contributed by atoms with E-state index in [1.165, 1.54) is 0 Å². The first-order valence-corrected chi connectivity index (χ1v) is 8.51. The van der Waals surface area contributed by atoms with Crippen molar-refractivity contribution in [3.8, 4) is 0 Å². The van der Waals surface area contributed by atoms with Gasteiger partial charge in [0.05, 0.1) is 18.7 Å². The summed E-state index contributed by atoms with van der Waals surface area (Å²) >= 11 is 0. The summed E-state index contributed by atoms with van der Waals surface area (Å²) in [6.45, 7) is 11.3. The Labute approximate surface area is 138 Å². The van der Waals surface area contributed by atoms with E-state index in [4.69, 9.17) is 9.47 Å². The van der Waals surface area contributed by atoms with Crippen LogP contribution in [0, 0.1) is 0 Å². The largest absolute Gasteiger partial charge is 0.444 e. The molecule has 0 aromatic heterocycles. The molecule has 0 bridgehead atoms. The van der Waals surface area contributed by atoms with E-state index in [1.807, 2.05) is 27.7 Å². The molecule has 1 atom stereocenters. The van der Waals surface area contributed by atoms with Gasteiger partial charge in [0.25, 0.3) is 0 Å². The highest BCUT2D eigenvalue weighted by Crippen LogP contribution is 2.15. The Morgan fingerprint density at radius 3 is 2.70 bits per heavy atom. The first-order valence-electron chi connectivity index (χ1n) is 8.51. The molecule has 7 heteroatoms. The van der Waals surface area contributed by atoms with Crippen LogP contribution in [-0.4, -0.2) is 67.5 Å². The second-order valence-corrected chi connectivity index (χ2v) is 7.08. The van der Waals surface area contributed by atoms with Gasteiger partial charge in [-0.1, -0.05) is 0 Å². The fourth-order valence-corrected chi connectivity index (χ4v) is 2.54. The Kier molecular flexibility index (Phi) is 6.10. The van der Waals surface area contributed by atoms with Gasteiger partial charge in [0.15, 0.2) is 5.96 Å². The van der Waals surface area contributed by atoms with Crippen LogP contribution in [0.3, 0.4) is 0 Å². The number of aliphatic imine (C=N–C) groups is 1. The molecule has 2 N–H and O–H groups in total. The number of carbonyl (C=O) groups excluding carboxylic acids is 1. The summed E-state index contributed by atoms with van der Waals surface area (Å²) in [5, 5.41) is 6.60. The Bertz CT molecular complexity index is 422. The standard InChI is InChI=1S/C16H30N4O3/c1-5-17-14(18-9-13-7-6-8-22-13)19-12-10-20(11-12)15(21)23-16(2,3)4/h12-13H,5-11H2,1-4H3,(H2,17,18,19). The maximum Gasteiger partial charge on any atom is 0.410 e. The summed E-state index contributed by atoms with van der Waals surface area (Å²) in [4.78, 5) is 18.2. The van der Waals surface area contributed by atoms with Crippen molar-refractivity contribution in [2.24, 2.45) is 4.99 Å². The molecule has 2 fully saturated rings. The molecule has 0 spiro atoms. The average molecular weight is 326 g/mol. The third-order valence-corrected chi connectivity index (χ3v) is 3.70. The molecule has 2 aliphatic rings. The van der Waals surface area contributed by atoms with Crippen LogP contribution in [0.4, 0.5) is 4.79 Å². The van der Waals surface area contributed by atoms with Crippen molar-refractivity contribution < 1.29 is 14.3 Å². The van der Waals surface area contributed by atoms with Gasteiger partial charge in [-0.3, -0.25) is 4.99 Å². The molecule has 1 unspecified atom stereocenters. The van der Waals surface area contributed by atoms with Crippen molar-refractivity contribution in [3.05, 3.63) is 0 Å². The van der Waals surface area contributed by atoms with E-state index in [-0.39, 0.29) is 18.2 Å². The minimum Gasteiger partial charge on any atom is -0.444 e. The van der Waals surface area contributed by atoms with Gasteiger partial charge in [0.1, 0.15) is 5.60 Å². The van der Waals surface area contributed by atoms with Crippen LogP contribution in [0.15, 0.2) is 4.99 Å². The number of hydrogen-bond acceptors (Lipinski definition) is 4. The Hall–Kier alpha value is -1.50. The first kappa shape index (κ1) is 17.8. The lowest BCUT2D eigenvalue weighted by atomic mass is 10.1. The van der Waals surface area contributed by atoms with E-state index >= 15 is 0 Å². The van der Waals surface area contributed by atoms with Gasteiger partial charge < -0.3 is 25.0 Å². The van der Waals surface area contributed by atoms with Gasteiger partial charge in [-0.15, -0.1) is 0 Å². The molecule has 0 radical (unpaired) electrons. The second-order valence-electron chi connectivity index (χ2n) is 7.08. The third kappa shape index (κ3) is 5.89. The quantitative estimate of drug-likeness (QED) is 0.602. The summed E-state index contributed by atoms with van der Waals surface area (Å²) < 4.78 is 10.9. The molecule has 7 nitrogen and oxygen atoms in total. The number of amides is 1. The Morgan fingerprint density at radius 1 is 1.39 bits per heavy atom. The van der Waals surface area contributed by atoms with Crippen LogP contribution < -0.4 is 10.6 Å². The van der Waals surface area contributed by atoms with Crippen molar-refractivity contribution in [3.63, 3.8) is 0 Å². The minimum atomic E-state index is -0.451. The third-order valence-electron chi connectivity index (χ3n) is 3.70. The van der Waals surface area contributed by atoms with Crippen molar-refractivity contribution in [2.75, 3.05) is 32.8 Å². The molecule has 2 saturated heterocycles. The summed E-state index contributed by atoms with van der Waals surface area (Å²) in [5.41, 5.74) is -0.451. The summed E-state index contributed by atoms with van der Waals surface area (Å²) in [6.07, 6.45) is 2.19. The van der Waals surface area contributed by atoms with Gasteiger partial charge in [-0.05, 0) is 40.5 Å². The monoisotopic (exact) mass is 326 g/mol.